The normalized spacial score (nSPS) is 12.9. The van der Waals surface area contributed by atoms with E-state index in [0.717, 1.165) is 0 Å². The molecule has 78 valence electrons. The van der Waals surface area contributed by atoms with Gasteiger partial charge in [0.25, 0.3) is 5.56 Å². The summed E-state index contributed by atoms with van der Waals surface area (Å²) in [5.41, 5.74) is 1.28. The molecule has 0 aliphatic heterocycles. The van der Waals surface area contributed by atoms with Crippen LogP contribution in [0.1, 0.15) is 12.5 Å². The lowest BCUT2D eigenvalue weighted by Crippen LogP contribution is -2.20. The summed E-state index contributed by atoms with van der Waals surface area (Å²) < 4.78 is 1.54. The van der Waals surface area contributed by atoms with Crippen molar-refractivity contribution in [3.63, 3.8) is 0 Å². The first-order valence-corrected chi connectivity index (χ1v) is 5.21. The van der Waals surface area contributed by atoms with Crippen LogP contribution in [0, 0.1) is 0 Å². The van der Waals surface area contributed by atoms with Crippen molar-refractivity contribution in [2.45, 2.75) is 18.7 Å². The minimum absolute atomic E-state index is 0.0342. The Hall–Kier alpha value is -1.35. The van der Waals surface area contributed by atoms with Crippen LogP contribution in [0.3, 0.4) is 0 Å². The lowest BCUT2D eigenvalue weighted by molar-refractivity contribution is 0.881. The number of pyridine rings is 1. The lowest BCUT2D eigenvalue weighted by atomic mass is 10.2. The van der Waals surface area contributed by atoms with Crippen LogP contribution in [-0.4, -0.2) is 14.8 Å². The highest BCUT2D eigenvalue weighted by atomic mass is 35.5. The van der Waals surface area contributed by atoms with Crippen molar-refractivity contribution in [1.29, 1.82) is 0 Å². The number of nitrogens with zero attached hydrogens (tertiary/aromatic N) is 2. The van der Waals surface area contributed by atoms with Crippen LogP contribution in [0.25, 0.3) is 5.65 Å². The Balaban J connectivity index is 2.60. The molecule has 2 aromatic heterocycles. The molecule has 4 heteroatoms. The van der Waals surface area contributed by atoms with E-state index in [4.69, 9.17) is 11.6 Å². The highest BCUT2D eigenvalue weighted by Crippen LogP contribution is 2.03. The van der Waals surface area contributed by atoms with E-state index in [2.05, 4.69) is 4.98 Å². The average molecular weight is 223 g/mol. The molecule has 0 saturated carbocycles. The molecule has 0 aliphatic carbocycles. The van der Waals surface area contributed by atoms with Gasteiger partial charge in [-0.3, -0.25) is 9.20 Å². The maximum absolute atomic E-state index is 11.9. The van der Waals surface area contributed by atoms with E-state index in [1.54, 1.807) is 18.5 Å². The van der Waals surface area contributed by atoms with E-state index in [0.29, 0.717) is 17.6 Å². The fourth-order valence-corrected chi connectivity index (χ4v) is 1.67. The molecular formula is C11H11ClN2O. The number of hydrogen-bond donors (Lipinski definition) is 0. The van der Waals surface area contributed by atoms with Crippen molar-refractivity contribution < 1.29 is 0 Å². The number of alkyl halides is 1. The van der Waals surface area contributed by atoms with Gasteiger partial charge in [0.2, 0.25) is 0 Å². The second kappa shape index (κ2) is 4.03. The zero-order valence-electron chi connectivity index (χ0n) is 8.35. The summed E-state index contributed by atoms with van der Waals surface area (Å²) in [6, 6.07) is 5.46. The van der Waals surface area contributed by atoms with Crippen molar-refractivity contribution in [2.75, 3.05) is 0 Å². The summed E-state index contributed by atoms with van der Waals surface area (Å²) in [5, 5.41) is -0.0544. The van der Waals surface area contributed by atoms with Crippen molar-refractivity contribution >= 4 is 17.2 Å². The first-order valence-electron chi connectivity index (χ1n) is 4.78. The Kier molecular flexibility index (Phi) is 2.73. The Labute approximate surface area is 92.3 Å². The number of hydrogen-bond acceptors (Lipinski definition) is 2. The second-order valence-corrected chi connectivity index (χ2v) is 4.25. The van der Waals surface area contributed by atoms with Crippen molar-refractivity contribution in [2.24, 2.45) is 0 Å². The van der Waals surface area contributed by atoms with Gasteiger partial charge in [0.1, 0.15) is 5.65 Å². The molecular weight excluding hydrogens is 212 g/mol. The standard InChI is InChI=1S/C11H11ClN2O/c1-8(12)6-9-7-13-10-4-2-3-5-14(10)11(9)15/h2-5,7-8H,6H2,1H3. The molecule has 2 rings (SSSR count). The molecule has 1 atom stereocenters. The summed E-state index contributed by atoms with van der Waals surface area (Å²) in [4.78, 5) is 16.1. The molecule has 1 unspecified atom stereocenters. The summed E-state index contributed by atoms with van der Waals surface area (Å²) in [5.74, 6) is 0. The fourth-order valence-electron chi connectivity index (χ4n) is 1.51. The molecule has 0 spiro atoms. The van der Waals surface area contributed by atoms with E-state index in [9.17, 15) is 4.79 Å². The van der Waals surface area contributed by atoms with Crippen molar-refractivity contribution in [3.05, 3.63) is 46.5 Å². The predicted octanol–water partition coefficient (Wildman–Crippen LogP) is 1.86. The van der Waals surface area contributed by atoms with Crippen LogP contribution in [0.15, 0.2) is 35.4 Å². The monoisotopic (exact) mass is 222 g/mol. The molecule has 0 fully saturated rings. The largest absolute Gasteiger partial charge is 0.269 e. The molecule has 0 radical (unpaired) electrons. The van der Waals surface area contributed by atoms with Crippen LogP contribution in [0.2, 0.25) is 0 Å². The molecule has 0 aromatic carbocycles. The Morgan fingerprint density at radius 2 is 2.33 bits per heavy atom. The van der Waals surface area contributed by atoms with Crippen molar-refractivity contribution in [1.82, 2.24) is 9.38 Å². The summed E-state index contributed by atoms with van der Waals surface area (Å²) in [6.45, 7) is 1.86. The maximum Gasteiger partial charge on any atom is 0.261 e. The highest BCUT2D eigenvalue weighted by molar-refractivity contribution is 6.20. The van der Waals surface area contributed by atoms with Crippen LogP contribution < -0.4 is 5.56 Å². The molecule has 0 aliphatic rings. The van der Waals surface area contributed by atoms with Gasteiger partial charge in [0.15, 0.2) is 0 Å². The van der Waals surface area contributed by atoms with Gasteiger partial charge in [-0.1, -0.05) is 6.07 Å². The van der Waals surface area contributed by atoms with E-state index >= 15 is 0 Å². The topological polar surface area (TPSA) is 34.4 Å². The first kappa shape index (κ1) is 10.2. The zero-order valence-corrected chi connectivity index (χ0v) is 9.11. The van der Waals surface area contributed by atoms with Gasteiger partial charge in [-0.2, -0.15) is 0 Å². The lowest BCUT2D eigenvalue weighted by Gasteiger charge is -2.04. The maximum atomic E-state index is 11.9. The van der Waals surface area contributed by atoms with Crippen LogP contribution >= 0.6 is 11.6 Å². The number of rotatable bonds is 2. The van der Waals surface area contributed by atoms with E-state index < -0.39 is 0 Å². The average Bonchev–Trinajstić information content (AvgIpc) is 2.22. The van der Waals surface area contributed by atoms with Crippen LogP contribution in [0.4, 0.5) is 0 Å². The summed E-state index contributed by atoms with van der Waals surface area (Å²) in [6.07, 6.45) is 3.87. The SMILES string of the molecule is CC(Cl)Cc1cnc2ccccn2c1=O. The van der Waals surface area contributed by atoms with Crippen LogP contribution in [0.5, 0.6) is 0 Å². The van der Waals surface area contributed by atoms with E-state index in [1.807, 2.05) is 19.1 Å². The summed E-state index contributed by atoms with van der Waals surface area (Å²) >= 11 is 5.86. The molecule has 2 aromatic rings. The molecule has 0 bridgehead atoms. The zero-order chi connectivity index (χ0) is 10.8. The van der Waals surface area contributed by atoms with Gasteiger partial charge < -0.3 is 0 Å². The van der Waals surface area contributed by atoms with Gasteiger partial charge in [-0.05, 0) is 25.5 Å². The second-order valence-electron chi connectivity index (χ2n) is 3.50. The molecule has 2 heterocycles. The Morgan fingerprint density at radius 1 is 1.53 bits per heavy atom. The third kappa shape index (κ3) is 2.02. The molecule has 3 nitrogen and oxygen atoms in total. The van der Waals surface area contributed by atoms with Gasteiger partial charge in [0, 0.05) is 23.3 Å². The number of halogens is 1. The van der Waals surface area contributed by atoms with Gasteiger partial charge in [-0.25, -0.2) is 4.98 Å². The third-order valence-corrected chi connectivity index (χ3v) is 2.34. The molecule has 0 amide bonds. The quantitative estimate of drug-likeness (QED) is 0.727. The number of fused-ring (bicyclic) bond motifs is 1. The molecule has 0 saturated heterocycles. The van der Waals surface area contributed by atoms with Crippen LogP contribution in [-0.2, 0) is 6.42 Å². The summed E-state index contributed by atoms with van der Waals surface area (Å²) in [7, 11) is 0. The fraction of sp³-hybridized carbons (Fsp3) is 0.273. The van der Waals surface area contributed by atoms with E-state index in [1.165, 1.54) is 4.40 Å². The predicted molar refractivity (Wildman–Crippen MR) is 60.5 cm³/mol. The van der Waals surface area contributed by atoms with Crippen molar-refractivity contribution in [3.8, 4) is 0 Å². The number of aromatic nitrogens is 2. The Morgan fingerprint density at radius 3 is 3.07 bits per heavy atom. The van der Waals surface area contributed by atoms with E-state index in [-0.39, 0.29) is 10.9 Å². The van der Waals surface area contributed by atoms with Gasteiger partial charge in [0.05, 0.1) is 0 Å². The smallest absolute Gasteiger partial charge is 0.261 e. The van der Waals surface area contributed by atoms with Gasteiger partial charge >= 0.3 is 0 Å². The first-order chi connectivity index (χ1) is 7.18. The van der Waals surface area contributed by atoms with Gasteiger partial charge in [-0.15, -0.1) is 11.6 Å². The minimum atomic E-state index is -0.0544. The molecule has 0 N–H and O–H groups in total. The minimum Gasteiger partial charge on any atom is -0.269 e. The highest BCUT2D eigenvalue weighted by Gasteiger charge is 2.06. The Bertz CT molecular complexity index is 533. The molecule has 15 heavy (non-hydrogen) atoms. The third-order valence-electron chi connectivity index (χ3n) is 2.19.